The van der Waals surface area contributed by atoms with Gasteiger partial charge in [0.25, 0.3) is 11.8 Å². The number of rotatable bonds is 5. The molecule has 0 spiro atoms. The minimum atomic E-state index is -0.396. The highest BCUT2D eigenvalue weighted by Gasteiger charge is 2.22. The lowest BCUT2D eigenvalue weighted by molar-refractivity contribution is 0.0920. The Morgan fingerprint density at radius 1 is 1.03 bits per heavy atom. The lowest BCUT2D eigenvalue weighted by atomic mass is 10.1. The maximum Gasteiger partial charge on any atom is 0.256 e. The molecular weight excluding hydrogens is 434 g/mol. The number of benzene rings is 1. The number of carbonyl (C=O) groups excluding carboxylic acids is 2. The number of hydrogen-bond acceptors (Lipinski definition) is 5. The Kier molecular flexibility index (Phi) is 6.03. The van der Waals surface area contributed by atoms with E-state index in [1.807, 2.05) is 56.8 Å². The number of pyridine rings is 1. The monoisotopic (exact) mass is 461 g/mol. The first kappa shape index (κ1) is 22.7. The van der Waals surface area contributed by atoms with Crippen LogP contribution in [0.4, 0.5) is 5.69 Å². The summed E-state index contributed by atoms with van der Waals surface area (Å²) in [6, 6.07) is 12.8. The average Bonchev–Trinajstić information content (AvgIpc) is 3.42. The molecule has 0 fully saturated rings. The predicted octanol–water partition coefficient (Wildman–Crippen LogP) is 5.52. The number of fused-ring (bicyclic) bond motifs is 1. The Labute approximate surface area is 196 Å². The first-order valence-corrected chi connectivity index (χ1v) is 11.7. The summed E-state index contributed by atoms with van der Waals surface area (Å²) in [6.45, 7) is 9.79. The molecule has 8 heteroatoms. The van der Waals surface area contributed by atoms with Crippen molar-refractivity contribution in [2.75, 3.05) is 5.32 Å². The first-order valence-electron chi connectivity index (χ1n) is 10.8. The molecule has 4 aromatic rings. The summed E-state index contributed by atoms with van der Waals surface area (Å²) >= 11 is 1.56. The zero-order valence-electron chi connectivity index (χ0n) is 19.3. The summed E-state index contributed by atoms with van der Waals surface area (Å²) in [6.07, 6.45) is 1.67. The normalized spacial score (nSPS) is 11.7. The molecule has 3 heterocycles. The third kappa shape index (κ3) is 4.80. The van der Waals surface area contributed by atoms with Crippen LogP contribution in [0.25, 0.3) is 21.6 Å². The van der Waals surface area contributed by atoms with Crippen LogP contribution in [0.5, 0.6) is 0 Å². The van der Waals surface area contributed by atoms with Crippen molar-refractivity contribution in [2.24, 2.45) is 0 Å². The number of thiophene rings is 1. The number of anilines is 1. The molecule has 4 rings (SSSR count). The van der Waals surface area contributed by atoms with Gasteiger partial charge in [0.15, 0.2) is 5.65 Å². The number of nitrogens with zero attached hydrogens (tertiary/aromatic N) is 3. The lowest BCUT2D eigenvalue weighted by Gasteiger charge is -2.21. The summed E-state index contributed by atoms with van der Waals surface area (Å²) in [5.41, 5.74) is 2.28. The Bertz CT molecular complexity index is 1320. The van der Waals surface area contributed by atoms with Crippen LogP contribution in [-0.4, -0.2) is 32.1 Å². The van der Waals surface area contributed by atoms with Crippen LogP contribution >= 0.6 is 11.3 Å². The van der Waals surface area contributed by atoms with E-state index in [0.717, 1.165) is 4.88 Å². The van der Waals surface area contributed by atoms with Gasteiger partial charge in [-0.05, 0) is 64.3 Å². The molecule has 1 aromatic carbocycles. The zero-order valence-corrected chi connectivity index (χ0v) is 20.2. The molecule has 0 saturated carbocycles. The Morgan fingerprint density at radius 2 is 1.79 bits per heavy atom. The highest BCUT2D eigenvalue weighted by Crippen LogP contribution is 2.29. The summed E-state index contributed by atoms with van der Waals surface area (Å²) in [5, 5.41) is 13.0. The third-order valence-electron chi connectivity index (χ3n) is 4.98. The van der Waals surface area contributed by atoms with Gasteiger partial charge in [-0.2, -0.15) is 5.10 Å². The maximum atomic E-state index is 13.5. The van der Waals surface area contributed by atoms with Gasteiger partial charge in [0.05, 0.1) is 39.0 Å². The Balaban J connectivity index is 1.76. The molecule has 0 aliphatic rings. The Hall–Kier alpha value is -3.52. The van der Waals surface area contributed by atoms with Gasteiger partial charge < -0.3 is 10.6 Å². The van der Waals surface area contributed by atoms with Crippen LogP contribution in [-0.2, 0) is 0 Å². The number of amides is 2. The van der Waals surface area contributed by atoms with Gasteiger partial charge in [-0.25, -0.2) is 9.67 Å². The molecule has 7 nitrogen and oxygen atoms in total. The van der Waals surface area contributed by atoms with Crippen molar-refractivity contribution < 1.29 is 9.59 Å². The van der Waals surface area contributed by atoms with E-state index in [-0.39, 0.29) is 17.9 Å². The smallest absolute Gasteiger partial charge is 0.256 e. The van der Waals surface area contributed by atoms with Crippen LogP contribution in [0.1, 0.15) is 61.4 Å². The maximum absolute atomic E-state index is 13.5. The molecule has 0 aliphatic heterocycles. The minimum absolute atomic E-state index is 0.0892. The van der Waals surface area contributed by atoms with Gasteiger partial charge >= 0.3 is 0 Å². The van der Waals surface area contributed by atoms with Crippen LogP contribution in [0.15, 0.2) is 54.0 Å². The van der Waals surface area contributed by atoms with Crippen molar-refractivity contribution in [1.82, 2.24) is 20.1 Å². The molecule has 0 radical (unpaired) electrons. The van der Waals surface area contributed by atoms with E-state index in [1.54, 1.807) is 47.9 Å². The zero-order chi connectivity index (χ0) is 23.8. The van der Waals surface area contributed by atoms with E-state index in [1.165, 1.54) is 0 Å². The van der Waals surface area contributed by atoms with Crippen molar-refractivity contribution in [1.29, 1.82) is 0 Å². The minimum Gasteiger partial charge on any atom is -0.347 e. The fourth-order valence-electron chi connectivity index (χ4n) is 3.52. The number of para-hydroxylation sites is 1. The molecule has 2 N–H and O–H groups in total. The second-order valence-corrected chi connectivity index (χ2v) is 10.1. The summed E-state index contributed by atoms with van der Waals surface area (Å²) in [4.78, 5) is 32.1. The Morgan fingerprint density at radius 3 is 2.45 bits per heavy atom. The quantitative estimate of drug-likeness (QED) is 0.409. The van der Waals surface area contributed by atoms with Crippen LogP contribution < -0.4 is 10.6 Å². The van der Waals surface area contributed by atoms with Crippen molar-refractivity contribution in [2.45, 2.75) is 46.2 Å². The van der Waals surface area contributed by atoms with Crippen molar-refractivity contribution >= 4 is 39.9 Å². The number of nitrogens with one attached hydrogen (secondary N) is 2. The molecular formula is C25H27N5O2S. The molecule has 3 aromatic heterocycles. The van der Waals surface area contributed by atoms with Gasteiger partial charge in [-0.1, -0.05) is 18.2 Å². The van der Waals surface area contributed by atoms with Gasteiger partial charge in [-0.15, -0.1) is 11.3 Å². The second-order valence-electron chi connectivity index (χ2n) is 9.16. The highest BCUT2D eigenvalue weighted by atomic mass is 32.1. The fourth-order valence-corrected chi connectivity index (χ4v) is 4.21. The van der Waals surface area contributed by atoms with Gasteiger partial charge in [-0.3, -0.25) is 9.59 Å². The molecule has 0 aliphatic carbocycles. The first-order chi connectivity index (χ1) is 15.6. The molecule has 0 unspecified atom stereocenters. The van der Waals surface area contributed by atoms with E-state index in [2.05, 4.69) is 15.7 Å². The van der Waals surface area contributed by atoms with Crippen molar-refractivity contribution in [3.8, 4) is 10.6 Å². The van der Waals surface area contributed by atoms with Crippen molar-refractivity contribution in [3.05, 3.63) is 65.2 Å². The largest absolute Gasteiger partial charge is 0.347 e. The summed E-state index contributed by atoms with van der Waals surface area (Å²) in [5.74, 6) is -0.565. The summed E-state index contributed by atoms with van der Waals surface area (Å²) in [7, 11) is 0. The molecule has 33 heavy (non-hydrogen) atoms. The molecule has 0 atom stereocenters. The number of aromatic nitrogens is 3. The molecule has 170 valence electrons. The highest BCUT2D eigenvalue weighted by molar-refractivity contribution is 7.13. The lowest BCUT2D eigenvalue weighted by Crippen LogP contribution is -2.40. The van der Waals surface area contributed by atoms with E-state index in [0.29, 0.717) is 33.5 Å². The van der Waals surface area contributed by atoms with Crippen LogP contribution in [0, 0.1) is 0 Å². The third-order valence-corrected chi connectivity index (χ3v) is 5.87. The SMILES string of the molecule is CC(C)n1ncc2c(C(=O)Nc3ccccc3C(=O)NC(C)(C)C)cc(-c3cccs3)nc21. The standard InChI is InChI=1S/C25H27N5O2S/c1-15(2)30-22-18(14-26-30)17(13-20(27-22)21-11-8-12-33-21)23(31)28-19-10-7-6-9-16(19)24(32)29-25(3,4)5/h6-15H,1-5H3,(H,28,31)(H,29,32). The van der Waals surface area contributed by atoms with E-state index < -0.39 is 5.54 Å². The predicted molar refractivity (Wildman–Crippen MR) is 133 cm³/mol. The van der Waals surface area contributed by atoms with E-state index in [9.17, 15) is 9.59 Å². The van der Waals surface area contributed by atoms with Gasteiger partial charge in [0, 0.05) is 11.6 Å². The van der Waals surface area contributed by atoms with E-state index in [4.69, 9.17) is 4.98 Å². The molecule has 2 amide bonds. The number of hydrogen-bond donors (Lipinski definition) is 2. The van der Waals surface area contributed by atoms with Gasteiger partial charge in [0.1, 0.15) is 0 Å². The van der Waals surface area contributed by atoms with E-state index >= 15 is 0 Å². The molecule has 0 bridgehead atoms. The fraction of sp³-hybridized carbons (Fsp3) is 0.280. The summed E-state index contributed by atoms with van der Waals surface area (Å²) < 4.78 is 1.81. The topological polar surface area (TPSA) is 88.9 Å². The average molecular weight is 462 g/mol. The molecule has 0 saturated heterocycles. The van der Waals surface area contributed by atoms with Gasteiger partial charge in [0.2, 0.25) is 0 Å². The van der Waals surface area contributed by atoms with Crippen LogP contribution in [0.3, 0.4) is 0 Å². The van der Waals surface area contributed by atoms with Crippen LogP contribution in [0.2, 0.25) is 0 Å². The van der Waals surface area contributed by atoms with Crippen molar-refractivity contribution in [3.63, 3.8) is 0 Å². The number of carbonyl (C=O) groups is 2. The second kappa shape index (κ2) is 8.78.